The van der Waals surface area contributed by atoms with Crippen molar-refractivity contribution in [2.24, 2.45) is 27.9 Å². The molecule has 3 aromatic rings. The lowest BCUT2D eigenvalue weighted by Crippen LogP contribution is -2.52. The topological polar surface area (TPSA) is 318 Å². The fourth-order valence-corrected chi connectivity index (χ4v) is 6.95. The van der Waals surface area contributed by atoms with Crippen LogP contribution in [0.15, 0.2) is 65.8 Å². The molecule has 0 fully saturated rings. The average Bonchev–Trinajstić information content (AvgIpc) is 3.70. The van der Waals surface area contributed by atoms with E-state index in [2.05, 4.69) is 25.9 Å². The molecule has 1 atom stereocenters. The zero-order valence-corrected chi connectivity index (χ0v) is 38.1. The number of amides is 8. The summed E-state index contributed by atoms with van der Waals surface area (Å²) in [4.78, 5) is 118. The predicted octanol–water partition coefficient (Wildman–Crippen LogP) is -0.960. The summed E-state index contributed by atoms with van der Waals surface area (Å²) >= 11 is 0. The summed E-state index contributed by atoms with van der Waals surface area (Å²) < 4.78 is 0. The van der Waals surface area contributed by atoms with Gasteiger partial charge in [-0.15, -0.1) is 0 Å². The Bertz CT molecular complexity index is 2110. The highest BCUT2D eigenvalue weighted by atomic mass is 16.2. The number of aromatic nitrogens is 1. The quantitative estimate of drug-likeness (QED) is 0.0229. The number of carbonyl (C=O) groups excluding carboxylic acids is 8. The molecule has 12 N–H and O–H groups in total. The number of unbranched alkanes of at least 4 members (excludes halogenated alkanes) is 2. The van der Waals surface area contributed by atoms with Crippen molar-refractivity contribution >= 4 is 64.1 Å². The zero-order chi connectivity index (χ0) is 48.4. The number of para-hydroxylation sites is 1. The highest BCUT2D eigenvalue weighted by Crippen LogP contribution is 2.19. The van der Waals surface area contributed by atoms with Crippen LogP contribution in [0.1, 0.15) is 63.5 Å². The van der Waals surface area contributed by atoms with Crippen LogP contribution in [0.5, 0.6) is 0 Å². The number of nitrogens with one attached hydrogen (secondary N) is 4. The summed E-state index contributed by atoms with van der Waals surface area (Å²) in [5.74, 6) is -4.84. The fraction of sp³-hybridized carbons (Fsp3) is 0.489. The lowest BCUT2D eigenvalue weighted by atomic mass is 10.1. The molecule has 0 unspecified atom stereocenters. The van der Waals surface area contributed by atoms with Gasteiger partial charge in [-0.05, 0) is 55.8 Å². The van der Waals surface area contributed by atoms with E-state index in [4.69, 9.17) is 22.9 Å². The van der Waals surface area contributed by atoms with E-state index in [0.29, 0.717) is 44.2 Å². The van der Waals surface area contributed by atoms with Gasteiger partial charge in [-0.2, -0.15) is 0 Å². The maximum atomic E-state index is 14.4. The molecule has 360 valence electrons. The smallest absolute Gasteiger partial charge is 0.243 e. The molecule has 0 aliphatic rings. The molecule has 66 heavy (non-hydrogen) atoms. The molecule has 2 aromatic carbocycles. The number of hydrogen-bond donors (Lipinski definition) is 8. The first kappa shape index (κ1) is 53.3. The number of hydrogen-bond acceptors (Lipinski definition) is 10. The highest BCUT2D eigenvalue weighted by Gasteiger charge is 2.29. The Labute approximate surface area is 385 Å². The molecule has 1 aromatic heterocycles. The van der Waals surface area contributed by atoms with Crippen LogP contribution in [0.2, 0.25) is 0 Å². The second-order valence-electron chi connectivity index (χ2n) is 15.8. The number of primary amides is 1. The Morgan fingerprint density at radius 1 is 0.697 bits per heavy atom. The Morgan fingerprint density at radius 2 is 1.32 bits per heavy atom. The largest absolute Gasteiger partial charge is 0.370 e. The van der Waals surface area contributed by atoms with Crippen LogP contribution in [-0.2, 0) is 51.3 Å². The zero-order valence-electron chi connectivity index (χ0n) is 38.1. The van der Waals surface area contributed by atoms with E-state index in [1.54, 1.807) is 30.3 Å². The summed E-state index contributed by atoms with van der Waals surface area (Å²) in [5, 5.41) is 8.56. The minimum Gasteiger partial charge on any atom is -0.370 e. The first-order valence-electron chi connectivity index (χ1n) is 22.2. The highest BCUT2D eigenvalue weighted by molar-refractivity contribution is 5.93. The second kappa shape index (κ2) is 28.7. The number of carbonyl (C=O) groups is 8. The maximum absolute atomic E-state index is 14.4. The van der Waals surface area contributed by atoms with E-state index in [0.717, 1.165) is 22.9 Å². The van der Waals surface area contributed by atoms with E-state index in [-0.39, 0.29) is 51.0 Å². The summed E-state index contributed by atoms with van der Waals surface area (Å²) in [5.41, 5.74) is 24.5. The normalized spacial score (nSPS) is 11.2. The van der Waals surface area contributed by atoms with Crippen LogP contribution < -0.4 is 38.9 Å². The SMILES string of the molecule is CCCC[C@H](NC(C)=O)C(=O)NCC(=O)N(CCCCN)CC(=O)N(CC(=O)N(CCCN=C(N)N)CC(=O)N(CCc1c[nH]c2ccccc12)CC(=O)NCC(N)=O)Cc1ccccc1. The van der Waals surface area contributed by atoms with E-state index >= 15 is 0 Å². The van der Waals surface area contributed by atoms with E-state index in [1.807, 2.05) is 37.4 Å². The van der Waals surface area contributed by atoms with Crippen LogP contribution >= 0.6 is 0 Å². The average molecular weight is 918 g/mol. The van der Waals surface area contributed by atoms with Crippen molar-refractivity contribution in [1.29, 1.82) is 0 Å². The van der Waals surface area contributed by atoms with Gasteiger partial charge in [-0.25, -0.2) is 0 Å². The van der Waals surface area contributed by atoms with Gasteiger partial charge in [0, 0.05) is 56.7 Å². The maximum Gasteiger partial charge on any atom is 0.243 e. The summed E-state index contributed by atoms with van der Waals surface area (Å²) in [6, 6.07) is 15.7. The molecule has 0 saturated carbocycles. The van der Waals surface area contributed by atoms with Gasteiger partial charge in [0.2, 0.25) is 47.3 Å². The van der Waals surface area contributed by atoms with Gasteiger partial charge in [-0.3, -0.25) is 43.3 Å². The van der Waals surface area contributed by atoms with E-state index < -0.39 is 86.7 Å². The minimum absolute atomic E-state index is 0.0139. The Morgan fingerprint density at radius 3 is 1.97 bits per heavy atom. The van der Waals surface area contributed by atoms with Gasteiger partial charge in [0.1, 0.15) is 12.6 Å². The lowest BCUT2D eigenvalue weighted by Gasteiger charge is -2.31. The molecule has 0 aliphatic carbocycles. The number of benzene rings is 2. The van der Waals surface area contributed by atoms with Crippen LogP contribution in [-0.4, -0.2) is 156 Å². The van der Waals surface area contributed by atoms with Crippen molar-refractivity contribution < 1.29 is 38.4 Å². The standard InChI is InChI=1S/C45H67N13O8/c1-3-4-16-37(54-32(2)59)44(66)53-26-40(62)55(21-11-10-19-46)30-43(65)58(27-33-13-6-5-7-14-33)31-42(64)56(22-12-20-50-45(48)49)29-41(63)57(28-39(61)52-25-38(47)60)23-18-34-24-51-36-17-9-8-15-35(34)36/h5-9,13-15,17,24,37,51H,3-4,10-12,16,18-23,25-31,46H2,1-2H3,(H2,47,60)(H,52,61)(H,53,66)(H,54,59)(H4,48,49,50)/t37-/m0/s1. The third kappa shape index (κ3) is 19.4. The molecule has 21 nitrogen and oxygen atoms in total. The van der Waals surface area contributed by atoms with Gasteiger partial charge in [0.15, 0.2) is 5.96 Å². The molecular weight excluding hydrogens is 851 g/mol. The monoisotopic (exact) mass is 918 g/mol. The molecule has 0 saturated heterocycles. The first-order chi connectivity index (χ1) is 31.6. The molecule has 0 spiro atoms. The van der Waals surface area contributed by atoms with Crippen LogP contribution in [0.25, 0.3) is 10.9 Å². The van der Waals surface area contributed by atoms with E-state index in [1.165, 1.54) is 26.5 Å². The first-order valence-corrected chi connectivity index (χ1v) is 22.2. The Hall–Kier alpha value is -7.03. The van der Waals surface area contributed by atoms with Crippen molar-refractivity contribution in [3.05, 3.63) is 71.9 Å². The fourth-order valence-electron chi connectivity index (χ4n) is 6.95. The lowest BCUT2D eigenvalue weighted by molar-refractivity contribution is -0.147. The Balaban J connectivity index is 1.90. The van der Waals surface area contributed by atoms with Crippen LogP contribution in [0, 0.1) is 0 Å². The van der Waals surface area contributed by atoms with Gasteiger partial charge in [-0.1, -0.05) is 68.3 Å². The molecular formula is C45H67N13O8. The molecule has 3 rings (SSSR count). The number of nitrogens with zero attached hydrogens (tertiary/aromatic N) is 5. The van der Waals surface area contributed by atoms with Crippen LogP contribution in [0.4, 0.5) is 0 Å². The Kier molecular flexibility index (Phi) is 23.2. The number of H-pyrrole nitrogens is 1. The number of nitrogens with two attached hydrogens (primary N) is 4. The van der Waals surface area contributed by atoms with E-state index in [9.17, 15) is 38.4 Å². The second-order valence-corrected chi connectivity index (χ2v) is 15.8. The number of aliphatic imine (C=N–C) groups is 1. The van der Waals surface area contributed by atoms with Crippen LogP contribution in [0.3, 0.4) is 0 Å². The number of aromatic amines is 1. The molecule has 0 aliphatic heterocycles. The van der Waals surface area contributed by atoms with Crippen molar-refractivity contribution in [1.82, 2.24) is 40.5 Å². The molecule has 1 heterocycles. The molecule has 8 amide bonds. The van der Waals surface area contributed by atoms with Crippen molar-refractivity contribution in [3.8, 4) is 0 Å². The molecule has 21 heteroatoms. The number of guanidine groups is 1. The minimum atomic E-state index is -0.838. The number of rotatable bonds is 30. The third-order valence-electron chi connectivity index (χ3n) is 10.4. The third-order valence-corrected chi connectivity index (χ3v) is 10.4. The molecule has 0 radical (unpaired) electrons. The predicted molar refractivity (Wildman–Crippen MR) is 250 cm³/mol. The van der Waals surface area contributed by atoms with Crippen molar-refractivity contribution in [3.63, 3.8) is 0 Å². The summed E-state index contributed by atoms with van der Waals surface area (Å²) in [6.45, 7) is 1.09. The molecule has 0 bridgehead atoms. The number of fused-ring (bicyclic) bond motifs is 1. The summed E-state index contributed by atoms with van der Waals surface area (Å²) in [7, 11) is 0. The van der Waals surface area contributed by atoms with Gasteiger partial charge in [0.25, 0.3) is 0 Å². The van der Waals surface area contributed by atoms with Crippen molar-refractivity contribution in [2.45, 2.75) is 71.4 Å². The van der Waals surface area contributed by atoms with Gasteiger partial charge in [0.05, 0.1) is 32.7 Å². The van der Waals surface area contributed by atoms with Crippen molar-refractivity contribution in [2.75, 3.05) is 72.0 Å². The summed E-state index contributed by atoms with van der Waals surface area (Å²) in [6.07, 6.45) is 5.23. The van der Waals surface area contributed by atoms with Gasteiger partial charge >= 0.3 is 0 Å². The van der Waals surface area contributed by atoms with Gasteiger partial charge < -0.3 is 63.5 Å².